The van der Waals surface area contributed by atoms with Gasteiger partial charge in [-0.15, -0.1) is 0 Å². The van der Waals surface area contributed by atoms with Crippen molar-refractivity contribution in [1.29, 1.82) is 0 Å². The van der Waals surface area contributed by atoms with E-state index >= 15 is 0 Å². The van der Waals surface area contributed by atoms with Crippen molar-refractivity contribution in [3.63, 3.8) is 0 Å². The molecular formula is C13H18FN3O. The lowest BCUT2D eigenvalue weighted by Gasteiger charge is -2.21. The van der Waals surface area contributed by atoms with E-state index in [1.807, 2.05) is 0 Å². The lowest BCUT2D eigenvalue weighted by molar-refractivity contribution is 0.218. The lowest BCUT2D eigenvalue weighted by Crippen LogP contribution is -2.40. The van der Waals surface area contributed by atoms with E-state index in [-0.39, 0.29) is 11.8 Å². The first kappa shape index (κ1) is 12.8. The molecule has 1 aliphatic rings. The Balaban J connectivity index is 1.86. The number of amides is 2. The number of hydrogen-bond acceptors (Lipinski definition) is 2. The van der Waals surface area contributed by atoms with E-state index in [1.54, 1.807) is 24.1 Å². The number of nitrogens with one attached hydrogen (secondary N) is 2. The van der Waals surface area contributed by atoms with Gasteiger partial charge in [0.05, 0.1) is 0 Å². The van der Waals surface area contributed by atoms with Crippen LogP contribution in [0, 0.1) is 5.82 Å². The third-order valence-corrected chi connectivity index (χ3v) is 3.08. The molecule has 5 heteroatoms. The molecule has 2 amide bonds. The quantitative estimate of drug-likeness (QED) is 0.863. The van der Waals surface area contributed by atoms with Crippen LogP contribution < -0.4 is 10.6 Å². The Bertz CT molecular complexity index is 418. The van der Waals surface area contributed by atoms with Gasteiger partial charge in [0.2, 0.25) is 0 Å². The Kier molecular flexibility index (Phi) is 4.15. The summed E-state index contributed by atoms with van der Waals surface area (Å²) in [6.45, 7) is 1.69. The van der Waals surface area contributed by atoms with E-state index < -0.39 is 0 Å². The summed E-state index contributed by atoms with van der Waals surface area (Å²) in [7, 11) is 1.74. The number of benzene rings is 1. The standard InChI is InChI=1S/C13H18FN3O/c1-17(9-12-6-3-7-15-12)13(18)16-11-5-2-4-10(14)8-11/h2,4-5,8,12,15H,3,6-7,9H2,1H3,(H,16,18). The lowest BCUT2D eigenvalue weighted by atomic mass is 10.2. The summed E-state index contributed by atoms with van der Waals surface area (Å²) < 4.78 is 13.0. The first-order valence-electron chi connectivity index (χ1n) is 6.16. The van der Waals surface area contributed by atoms with E-state index in [9.17, 15) is 9.18 Å². The first-order chi connectivity index (χ1) is 8.65. The van der Waals surface area contributed by atoms with Crippen LogP contribution in [0.25, 0.3) is 0 Å². The molecule has 0 aromatic heterocycles. The fourth-order valence-electron chi connectivity index (χ4n) is 2.11. The SMILES string of the molecule is CN(CC1CCCN1)C(=O)Nc1cccc(F)c1. The molecule has 1 atom stereocenters. The minimum atomic E-state index is -0.354. The maximum Gasteiger partial charge on any atom is 0.321 e. The fourth-order valence-corrected chi connectivity index (χ4v) is 2.11. The minimum absolute atomic E-state index is 0.214. The predicted octanol–water partition coefficient (Wildman–Crippen LogP) is 2.04. The van der Waals surface area contributed by atoms with E-state index in [2.05, 4.69) is 10.6 Å². The van der Waals surface area contributed by atoms with Crippen LogP contribution in [-0.2, 0) is 0 Å². The summed E-state index contributed by atoms with van der Waals surface area (Å²) in [5, 5.41) is 6.01. The molecule has 1 fully saturated rings. The maximum atomic E-state index is 13.0. The molecule has 18 heavy (non-hydrogen) atoms. The van der Waals surface area contributed by atoms with Gasteiger partial charge in [-0.1, -0.05) is 6.07 Å². The molecule has 1 saturated heterocycles. The van der Waals surface area contributed by atoms with Gasteiger partial charge in [-0.3, -0.25) is 0 Å². The topological polar surface area (TPSA) is 44.4 Å². The number of halogens is 1. The van der Waals surface area contributed by atoms with Crippen molar-refractivity contribution >= 4 is 11.7 Å². The molecule has 0 spiro atoms. The van der Waals surface area contributed by atoms with Crippen LogP contribution in [0.5, 0.6) is 0 Å². The normalized spacial score (nSPS) is 18.7. The van der Waals surface area contributed by atoms with Crippen LogP contribution in [0.2, 0.25) is 0 Å². The zero-order chi connectivity index (χ0) is 13.0. The molecule has 1 aliphatic heterocycles. The number of anilines is 1. The van der Waals surface area contributed by atoms with Gasteiger partial charge in [-0.2, -0.15) is 0 Å². The summed E-state index contributed by atoms with van der Waals surface area (Å²) in [5.74, 6) is -0.354. The van der Waals surface area contributed by atoms with E-state index in [0.29, 0.717) is 18.3 Å². The number of urea groups is 1. The monoisotopic (exact) mass is 251 g/mol. The largest absolute Gasteiger partial charge is 0.326 e. The van der Waals surface area contributed by atoms with Gasteiger partial charge < -0.3 is 15.5 Å². The van der Waals surface area contributed by atoms with Gasteiger partial charge in [-0.05, 0) is 37.6 Å². The number of carbonyl (C=O) groups excluding carboxylic acids is 1. The Morgan fingerprint density at radius 2 is 2.44 bits per heavy atom. The number of nitrogens with zero attached hydrogens (tertiary/aromatic N) is 1. The Labute approximate surface area is 106 Å². The second-order valence-electron chi connectivity index (χ2n) is 4.61. The van der Waals surface area contributed by atoms with Crippen molar-refractivity contribution in [3.8, 4) is 0 Å². The number of likely N-dealkylation sites (N-methyl/N-ethyl adjacent to an activating group) is 1. The van der Waals surface area contributed by atoms with Crippen LogP contribution in [0.1, 0.15) is 12.8 Å². The van der Waals surface area contributed by atoms with Crippen molar-refractivity contribution < 1.29 is 9.18 Å². The smallest absolute Gasteiger partial charge is 0.321 e. The second kappa shape index (κ2) is 5.82. The summed E-state index contributed by atoms with van der Waals surface area (Å²) >= 11 is 0. The average molecular weight is 251 g/mol. The third-order valence-electron chi connectivity index (χ3n) is 3.08. The molecular weight excluding hydrogens is 233 g/mol. The molecule has 1 aromatic rings. The van der Waals surface area contributed by atoms with Crippen LogP contribution in [0.4, 0.5) is 14.9 Å². The summed E-state index contributed by atoms with van der Waals surface area (Å²) in [4.78, 5) is 13.5. The number of rotatable bonds is 3. The van der Waals surface area contributed by atoms with Crippen molar-refractivity contribution in [1.82, 2.24) is 10.2 Å². The summed E-state index contributed by atoms with van der Waals surface area (Å²) in [6, 6.07) is 6.05. The fraction of sp³-hybridized carbons (Fsp3) is 0.462. The van der Waals surface area contributed by atoms with Crippen molar-refractivity contribution in [3.05, 3.63) is 30.1 Å². The van der Waals surface area contributed by atoms with Gasteiger partial charge in [0.25, 0.3) is 0 Å². The highest BCUT2D eigenvalue weighted by molar-refractivity contribution is 5.89. The first-order valence-corrected chi connectivity index (χ1v) is 6.16. The molecule has 2 rings (SSSR count). The highest BCUT2D eigenvalue weighted by Crippen LogP contribution is 2.11. The Hall–Kier alpha value is -1.62. The van der Waals surface area contributed by atoms with Crippen molar-refractivity contribution in [2.45, 2.75) is 18.9 Å². The zero-order valence-corrected chi connectivity index (χ0v) is 10.4. The molecule has 98 valence electrons. The molecule has 0 radical (unpaired) electrons. The third kappa shape index (κ3) is 3.43. The summed E-state index contributed by atoms with van der Waals surface area (Å²) in [5.41, 5.74) is 0.478. The van der Waals surface area contributed by atoms with Gasteiger partial charge in [0.1, 0.15) is 5.82 Å². The molecule has 1 aromatic carbocycles. The van der Waals surface area contributed by atoms with Gasteiger partial charge >= 0.3 is 6.03 Å². The predicted molar refractivity (Wildman–Crippen MR) is 69.1 cm³/mol. The molecule has 1 unspecified atom stereocenters. The molecule has 1 heterocycles. The maximum absolute atomic E-state index is 13.0. The van der Waals surface area contributed by atoms with Crippen molar-refractivity contribution in [2.75, 3.05) is 25.5 Å². The molecule has 0 saturated carbocycles. The second-order valence-corrected chi connectivity index (χ2v) is 4.61. The Morgan fingerprint density at radius 3 is 3.11 bits per heavy atom. The van der Waals surface area contributed by atoms with E-state index in [1.165, 1.54) is 12.1 Å². The molecule has 0 bridgehead atoms. The zero-order valence-electron chi connectivity index (χ0n) is 10.4. The summed E-state index contributed by atoms with van der Waals surface area (Å²) in [6.07, 6.45) is 2.25. The minimum Gasteiger partial charge on any atom is -0.326 e. The van der Waals surface area contributed by atoms with Crippen LogP contribution in [0.3, 0.4) is 0 Å². The molecule has 2 N–H and O–H groups in total. The molecule has 0 aliphatic carbocycles. The van der Waals surface area contributed by atoms with Gasteiger partial charge in [0.15, 0.2) is 0 Å². The highest BCUT2D eigenvalue weighted by Gasteiger charge is 2.18. The van der Waals surface area contributed by atoms with Crippen LogP contribution in [-0.4, -0.2) is 37.1 Å². The van der Waals surface area contributed by atoms with Gasteiger partial charge in [-0.25, -0.2) is 9.18 Å². The average Bonchev–Trinajstić information content (AvgIpc) is 2.81. The number of carbonyl (C=O) groups is 1. The van der Waals surface area contributed by atoms with Gasteiger partial charge in [0, 0.05) is 25.3 Å². The van der Waals surface area contributed by atoms with Crippen LogP contribution in [0.15, 0.2) is 24.3 Å². The van der Waals surface area contributed by atoms with E-state index in [4.69, 9.17) is 0 Å². The molecule has 4 nitrogen and oxygen atoms in total. The van der Waals surface area contributed by atoms with Crippen molar-refractivity contribution in [2.24, 2.45) is 0 Å². The Morgan fingerprint density at radius 1 is 1.61 bits per heavy atom. The highest BCUT2D eigenvalue weighted by atomic mass is 19.1. The van der Waals surface area contributed by atoms with Crippen LogP contribution >= 0.6 is 0 Å². The van der Waals surface area contributed by atoms with E-state index in [0.717, 1.165) is 19.4 Å². The number of hydrogen-bond donors (Lipinski definition) is 2.